The number of sulfonamides is 1. The van der Waals surface area contributed by atoms with E-state index in [1.54, 1.807) is 0 Å². The van der Waals surface area contributed by atoms with Crippen LogP contribution in [0.25, 0.3) is 11.1 Å². The summed E-state index contributed by atoms with van der Waals surface area (Å²) in [4.78, 5) is 14.5. The standard InChI is InChI=1S/C20H14Cl2F2N2O5S/c1-31-15-8-16(10-25-9-15)32(29,30)26-18-6-12(20(23,24)19(27)28)2-3-17(18)11-4-13(21)7-14(22)5-11/h2-10,26H,1H3,(H,27,28). The number of carbonyl (C=O) groups is 1. The van der Waals surface area contributed by atoms with Crippen molar-refractivity contribution in [3.05, 3.63) is 70.5 Å². The Morgan fingerprint density at radius 1 is 1.09 bits per heavy atom. The number of halogens is 4. The molecule has 0 fully saturated rings. The second kappa shape index (κ2) is 8.89. The van der Waals surface area contributed by atoms with Crippen LogP contribution in [-0.4, -0.2) is 31.6 Å². The minimum atomic E-state index is -4.33. The van der Waals surface area contributed by atoms with Gasteiger partial charge in [-0.05, 0) is 29.8 Å². The third-order valence-electron chi connectivity index (χ3n) is 4.30. The summed E-state index contributed by atoms with van der Waals surface area (Å²) >= 11 is 12.0. The number of aliphatic carboxylic acids is 1. The van der Waals surface area contributed by atoms with Crippen molar-refractivity contribution in [3.63, 3.8) is 0 Å². The maximum absolute atomic E-state index is 14.1. The highest BCUT2D eigenvalue weighted by Crippen LogP contribution is 2.38. The molecule has 0 spiro atoms. The molecule has 0 atom stereocenters. The summed E-state index contributed by atoms with van der Waals surface area (Å²) in [6, 6.07) is 8.28. The Balaban J connectivity index is 2.19. The van der Waals surface area contributed by atoms with Gasteiger partial charge in [0.05, 0.1) is 19.0 Å². The van der Waals surface area contributed by atoms with Crippen molar-refractivity contribution >= 4 is 44.9 Å². The molecule has 2 aromatic carbocycles. The third-order valence-corrected chi connectivity index (χ3v) is 6.07. The number of carboxylic acids is 1. The van der Waals surface area contributed by atoms with E-state index in [0.29, 0.717) is 5.56 Å². The molecule has 0 unspecified atom stereocenters. The molecule has 7 nitrogen and oxygen atoms in total. The maximum atomic E-state index is 14.1. The number of pyridine rings is 1. The van der Waals surface area contributed by atoms with Gasteiger partial charge in [0, 0.05) is 33.4 Å². The van der Waals surface area contributed by atoms with Gasteiger partial charge in [0.2, 0.25) is 0 Å². The number of anilines is 1. The number of methoxy groups -OCH3 is 1. The number of alkyl halides is 2. The van der Waals surface area contributed by atoms with E-state index < -0.39 is 27.5 Å². The third kappa shape index (κ3) is 4.93. The van der Waals surface area contributed by atoms with Crippen molar-refractivity contribution in [2.75, 3.05) is 11.8 Å². The minimum absolute atomic E-state index is 0.138. The first-order valence-electron chi connectivity index (χ1n) is 8.68. The van der Waals surface area contributed by atoms with Crippen LogP contribution >= 0.6 is 23.2 Å². The molecule has 0 aliphatic rings. The molecule has 0 radical (unpaired) electrons. The van der Waals surface area contributed by atoms with Gasteiger partial charge in [-0.2, -0.15) is 8.78 Å². The fourth-order valence-electron chi connectivity index (χ4n) is 2.77. The zero-order chi connectivity index (χ0) is 23.7. The highest BCUT2D eigenvalue weighted by atomic mass is 35.5. The lowest BCUT2D eigenvalue weighted by atomic mass is 9.99. The van der Waals surface area contributed by atoms with Crippen LogP contribution in [-0.2, 0) is 20.7 Å². The second-order valence-electron chi connectivity index (χ2n) is 6.46. The molecule has 0 saturated heterocycles. The predicted molar refractivity (Wildman–Crippen MR) is 115 cm³/mol. The van der Waals surface area contributed by atoms with Crippen molar-refractivity contribution in [2.45, 2.75) is 10.8 Å². The van der Waals surface area contributed by atoms with Gasteiger partial charge in [-0.1, -0.05) is 35.3 Å². The Morgan fingerprint density at radius 3 is 2.34 bits per heavy atom. The Bertz CT molecular complexity index is 1280. The summed E-state index contributed by atoms with van der Waals surface area (Å²) < 4.78 is 61.3. The Hall–Kier alpha value is -2.95. The van der Waals surface area contributed by atoms with Crippen molar-refractivity contribution in [1.82, 2.24) is 4.98 Å². The lowest BCUT2D eigenvalue weighted by Gasteiger charge is -2.18. The zero-order valence-corrected chi connectivity index (χ0v) is 18.5. The van der Waals surface area contributed by atoms with Crippen LogP contribution in [0.4, 0.5) is 14.5 Å². The van der Waals surface area contributed by atoms with Gasteiger partial charge >= 0.3 is 11.9 Å². The number of carboxylic acid groups (broad SMARTS) is 1. The van der Waals surface area contributed by atoms with Crippen molar-refractivity contribution in [3.8, 4) is 16.9 Å². The first-order chi connectivity index (χ1) is 14.9. The Labute approximate surface area is 191 Å². The molecule has 3 rings (SSSR count). The highest BCUT2D eigenvalue weighted by Gasteiger charge is 2.41. The van der Waals surface area contributed by atoms with Gasteiger partial charge in [-0.15, -0.1) is 0 Å². The zero-order valence-electron chi connectivity index (χ0n) is 16.1. The molecule has 32 heavy (non-hydrogen) atoms. The number of rotatable bonds is 7. The second-order valence-corrected chi connectivity index (χ2v) is 9.02. The van der Waals surface area contributed by atoms with E-state index >= 15 is 0 Å². The predicted octanol–water partition coefficient (Wildman–Crippen LogP) is 5.04. The molecule has 0 saturated carbocycles. The van der Waals surface area contributed by atoms with Crippen LogP contribution in [0.1, 0.15) is 5.56 Å². The molecule has 0 amide bonds. The summed E-state index contributed by atoms with van der Waals surface area (Å²) in [6.07, 6.45) is 2.32. The molecular weight excluding hydrogens is 489 g/mol. The Kier molecular flexibility index (Phi) is 6.59. The van der Waals surface area contributed by atoms with Gasteiger partial charge < -0.3 is 9.84 Å². The van der Waals surface area contributed by atoms with Crippen molar-refractivity contribution in [1.29, 1.82) is 0 Å². The quantitative estimate of drug-likeness (QED) is 0.468. The highest BCUT2D eigenvalue weighted by molar-refractivity contribution is 7.92. The molecule has 1 aromatic heterocycles. The van der Waals surface area contributed by atoms with Gasteiger partial charge in [-0.25, -0.2) is 13.2 Å². The SMILES string of the molecule is COc1cncc(S(=O)(=O)Nc2cc(C(F)(F)C(=O)O)ccc2-c2cc(Cl)cc(Cl)c2)c1. The van der Waals surface area contributed by atoms with E-state index in [9.17, 15) is 22.0 Å². The molecular formula is C20H14Cl2F2N2O5S. The summed E-state index contributed by atoms with van der Waals surface area (Å²) in [6.45, 7) is 0. The van der Waals surface area contributed by atoms with E-state index in [1.807, 2.05) is 0 Å². The largest absolute Gasteiger partial charge is 0.495 e. The van der Waals surface area contributed by atoms with Gasteiger partial charge in [0.15, 0.2) is 0 Å². The van der Waals surface area contributed by atoms with Gasteiger partial charge in [0.25, 0.3) is 10.0 Å². The summed E-state index contributed by atoms with van der Waals surface area (Å²) in [5.74, 6) is -6.50. The number of nitrogens with one attached hydrogen (secondary N) is 1. The summed E-state index contributed by atoms with van der Waals surface area (Å²) in [7, 11) is -3.01. The number of hydrogen-bond acceptors (Lipinski definition) is 5. The van der Waals surface area contributed by atoms with Crippen LogP contribution in [0.15, 0.2) is 59.8 Å². The normalized spacial score (nSPS) is 11.8. The molecule has 1 heterocycles. The monoisotopic (exact) mass is 502 g/mol. The number of ether oxygens (including phenoxy) is 1. The van der Waals surface area contributed by atoms with E-state index in [2.05, 4.69) is 9.71 Å². The first kappa shape index (κ1) is 23.7. The van der Waals surface area contributed by atoms with E-state index in [0.717, 1.165) is 24.4 Å². The lowest BCUT2D eigenvalue weighted by Crippen LogP contribution is -2.25. The molecule has 0 bridgehead atoms. The first-order valence-corrected chi connectivity index (χ1v) is 10.9. The lowest BCUT2D eigenvalue weighted by molar-refractivity contribution is -0.166. The van der Waals surface area contributed by atoms with Gasteiger partial charge in [-0.3, -0.25) is 9.71 Å². The topological polar surface area (TPSA) is 106 Å². The van der Waals surface area contributed by atoms with Crippen molar-refractivity contribution < 1.29 is 31.8 Å². The fourth-order valence-corrected chi connectivity index (χ4v) is 4.34. The number of hydrogen-bond donors (Lipinski definition) is 2. The smallest absolute Gasteiger partial charge is 0.379 e. The summed E-state index contributed by atoms with van der Waals surface area (Å²) in [5, 5.41) is 9.31. The average Bonchev–Trinajstić information content (AvgIpc) is 2.72. The van der Waals surface area contributed by atoms with Crippen LogP contribution in [0.5, 0.6) is 5.75 Å². The molecule has 168 valence electrons. The fraction of sp³-hybridized carbons (Fsp3) is 0.100. The van der Waals surface area contributed by atoms with Crippen molar-refractivity contribution in [2.24, 2.45) is 0 Å². The maximum Gasteiger partial charge on any atom is 0.379 e. The summed E-state index contributed by atoms with van der Waals surface area (Å²) in [5.41, 5.74) is -0.791. The molecule has 0 aliphatic carbocycles. The van der Waals surface area contributed by atoms with E-state index in [1.165, 1.54) is 37.6 Å². The number of nitrogens with zero attached hydrogens (tertiary/aromatic N) is 1. The van der Waals surface area contributed by atoms with E-state index in [-0.39, 0.29) is 31.9 Å². The Morgan fingerprint density at radius 2 is 1.75 bits per heavy atom. The van der Waals surface area contributed by atoms with Gasteiger partial charge in [0.1, 0.15) is 10.6 Å². The molecule has 2 N–H and O–H groups in total. The number of benzene rings is 2. The molecule has 12 heteroatoms. The van der Waals surface area contributed by atoms with Crippen LogP contribution in [0.3, 0.4) is 0 Å². The molecule has 0 aliphatic heterocycles. The number of aromatic nitrogens is 1. The average molecular weight is 503 g/mol. The van der Waals surface area contributed by atoms with Crippen LogP contribution in [0, 0.1) is 0 Å². The minimum Gasteiger partial charge on any atom is -0.495 e. The van der Waals surface area contributed by atoms with E-state index in [4.69, 9.17) is 33.0 Å². The molecule has 3 aromatic rings. The van der Waals surface area contributed by atoms with Crippen LogP contribution in [0.2, 0.25) is 10.0 Å². The van der Waals surface area contributed by atoms with Crippen LogP contribution < -0.4 is 9.46 Å².